The molecule has 0 bridgehead atoms. The molecule has 0 saturated heterocycles. The number of benzene rings is 1. The Kier molecular flexibility index (Phi) is 4.24. The van der Waals surface area contributed by atoms with Gasteiger partial charge in [0.05, 0.1) is 0 Å². The Balaban J connectivity index is 2.76. The maximum absolute atomic E-state index is 10.7. The van der Waals surface area contributed by atoms with Gasteiger partial charge < -0.3 is 11.1 Å². The first-order valence-electron chi connectivity index (χ1n) is 5.13. The molecule has 0 heterocycles. The molecule has 0 radical (unpaired) electrons. The summed E-state index contributed by atoms with van der Waals surface area (Å²) in [5.41, 5.74) is 6.16. The first-order chi connectivity index (χ1) is 7.45. The van der Waals surface area contributed by atoms with Gasteiger partial charge in [0.2, 0.25) is 0 Å². The molecule has 0 aromatic heterocycles. The van der Waals surface area contributed by atoms with Crippen LogP contribution in [0.4, 0.5) is 4.79 Å². The van der Waals surface area contributed by atoms with E-state index >= 15 is 0 Å². The molecule has 0 fully saturated rings. The molecule has 0 spiro atoms. The zero-order valence-corrected chi connectivity index (χ0v) is 10.7. The molecule has 1 aromatic carbocycles. The van der Waals surface area contributed by atoms with E-state index in [2.05, 4.69) is 49.7 Å². The van der Waals surface area contributed by atoms with Gasteiger partial charge in [0.15, 0.2) is 0 Å². The van der Waals surface area contributed by atoms with E-state index < -0.39 is 6.03 Å². The number of urea groups is 1. The van der Waals surface area contributed by atoms with Crippen LogP contribution in [0.15, 0.2) is 29.2 Å². The second kappa shape index (κ2) is 5.25. The first-order valence-corrected chi connectivity index (χ1v) is 6.36. The van der Waals surface area contributed by atoms with E-state index in [4.69, 9.17) is 5.73 Å². The van der Waals surface area contributed by atoms with Gasteiger partial charge in [-0.3, -0.25) is 0 Å². The molecular formula is C12H18N2OS. The number of rotatable bonds is 4. The van der Waals surface area contributed by atoms with Crippen molar-refractivity contribution < 1.29 is 4.79 Å². The summed E-state index contributed by atoms with van der Waals surface area (Å²) in [6.45, 7) is 4.70. The Labute approximate surface area is 101 Å². The fourth-order valence-electron chi connectivity index (χ4n) is 1.45. The highest BCUT2D eigenvalue weighted by molar-refractivity contribution is 7.98. The average molecular weight is 238 g/mol. The van der Waals surface area contributed by atoms with E-state index in [-0.39, 0.29) is 5.41 Å². The summed E-state index contributed by atoms with van der Waals surface area (Å²) in [4.78, 5) is 11.9. The fourth-order valence-corrected chi connectivity index (χ4v) is 1.86. The molecule has 2 amide bonds. The largest absolute Gasteiger partial charge is 0.352 e. The van der Waals surface area contributed by atoms with Crippen LogP contribution in [0.3, 0.4) is 0 Å². The number of nitrogens with one attached hydrogen (secondary N) is 1. The lowest BCUT2D eigenvalue weighted by atomic mass is 9.85. The van der Waals surface area contributed by atoms with E-state index in [1.807, 2.05) is 0 Å². The zero-order valence-electron chi connectivity index (χ0n) is 9.91. The molecule has 0 atom stereocenters. The van der Waals surface area contributed by atoms with Crippen LogP contribution in [-0.4, -0.2) is 18.8 Å². The summed E-state index contributed by atoms with van der Waals surface area (Å²) < 4.78 is 0. The normalized spacial score (nSPS) is 11.2. The number of carbonyl (C=O) groups is 1. The van der Waals surface area contributed by atoms with Crippen molar-refractivity contribution in [2.45, 2.75) is 24.2 Å². The summed E-state index contributed by atoms with van der Waals surface area (Å²) in [5.74, 6) is 0. The van der Waals surface area contributed by atoms with Gasteiger partial charge in [0.25, 0.3) is 0 Å². The minimum Gasteiger partial charge on any atom is -0.352 e. The third-order valence-electron chi connectivity index (χ3n) is 2.58. The summed E-state index contributed by atoms with van der Waals surface area (Å²) >= 11 is 1.72. The van der Waals surface area contributed by atoms with Crippen LogP contribution in [0, 0.1) is 0 Å². The van der Waals surface area contributed by atoms with Crippen molar-refractivity contribution in [3.8, 4) is 0 Å². The van der Waals surface area contributed by atoms with Crippen LogP contribution < -0.4 is 11.1 Å². The zero-order chi connectivity index (χ0) is 12.2. The average Bonchev–Trinajstić information content (AvgIpc) is 2.27. The highest BCUT2D eigenvalue weighted by Gasteiger charge is 2.20. The van der Waals surface area contributed by atoms with Crippen molar-refractivity contribution in [2.24, 2.45) is 5.73 Å². The molecule has 0 aliphatic carbocycles. The maximum atomic E-state index is 10.7. The van der Waals surface area contributed by atoms with E-state index in [1.54, 1.807) is 11.8 Å². The molecule has 0 unspecified atom stereocenters. The monoisotopic (exact) mass is 238 g/mol. The molecule has 1 rings (SSSR count). The van der Waals surface area contributed by atoms with Crippen molar-refractivity contribution in [2.75, 3.05) is 12.8 Å². The Morgan fingerprint density at radius 1 is 1.38 bits per heavy atom. The summed E-state index contributed by atoms with van der Waals surface area (Å²) in [6, 6.07) is 7.88. The quantitative estimate of drug-likeness (QED) is 0.791. The van der Waals surface area contributed by atoms with Crippen LogP contribution >= 0.6 is 11.8 Å². The first kappa shape index (κ1) is 12.9. The number of primary amides is 1. The molecule has 4 heteroatoms. The number of hydrogen-bond donors (Lipinski definition) is 2. The molecule has 1 aromatic rings. The molecule has 88 valence electrons. The number of amides is 2. The minimum absolute atomic E-state index is 0.105. The predicted octanol–water partition coefficient (Wildman–Crippen LogP) is 2.35. The second-order valence-electron chi connectivity index (χ2n) is 4.33. The van der Waals surface area contributed by atoms with Crippen molar-refractivity contribution in [1.82, 2.24) is 5.32 Å². The Morgan fingerprint density at radius 3 is 2.38 bits per heavy atom. The molecule has 16 heavy (non-hydrogen) atoms. The SMILES string of the molecule is CSc1ccc(C(C)(C)CNC(N)=O)cc1. The van der Waals surface area contributed by atoms with Gasteiger partial charge in [0.1, 0.15) is 0 Å². The van der Waals surface area contributed by atoms with Crippen molar-refractivity contribution in [3.63, 3.8) is 0 Å². The van der Waals surface area contributed by atoms with Gasteiger partial charge >= 0.3 is 6.03 Å². The van der Waals surface area contributed by atoms with Gasteiger partial charge in [-0.1, -0.05) is 26.0 Å². The van der Waals surface area contributed by atoms with Crippen LogP contribution in [0.5, 0.6) is 0 Å². The van der Waals surface area contributed by atoms with Crippen LogP contribution in [-0.2, 0) is 5.41 Å². The smallest absolute Gasteiger partial charge is 0.312 e. The van der Waals surface area contributed by atoms with E-state index in [1.165, 1.54) is 10.5 Å². The van der Waals surface area contributed by atoms with Gasteiger partial charge in [-0.2, -0.15) is 0 Å². The maximum Gasteiger partial charge on any atom is 0.312 e. The lowest BCUT2D eigenvalue weighted by Gasteiger charge is -2.25. The third kappa shape index (κ3) is 3.45. The van der Waals surface area contributed by atoms with E-state index in [0.29, 0.717) is 6.54 Å². The molecular weight excluding hydrogens is 220 g/mol. The van der Waals surface area contributed by atoms with Gasteiger partial charge in [-0.25, -0.2) is 4.79 Å². The number of thioether (sulfide) groups is 1. The van der Waals surface area contributed by atoms with Crippen molar-refractivity contribution in [1.29, 1.82) is 0 Å². The predicted molar refractivity (Wildman–Crippen MR) is 68.8 cm³/mol. The number of carbonyl (C=O) groups excluding carboxylic acids is 1. The summed E-state index contributed by atoms with van der Waals surface area (Å²) in [6.07, 6.45) is 2.05. The highest BCUT2D eigenvalue weighted by Crippen LogP contribution is 2.24. The summed E-state index contributed by atoms with van der Waals surface area (Å²) in [5, 5.41) is 2.65. The van der Waals surface area contributed by atoms with E-state index in [9.17, 15) is 4.79 Å². The lowest BCUT2D eigenvalue weighted by Crippen LogP contribution is -2.39. The third-order valence-corrected chi connectivity index (χ3v) is 3.32. The molecule has 3 nitrogen and oxygen atoms in total. The van der Waals surface area contributed by atoms with Gasteiger partial charge in [-0.15, -0.1) is 11.8 Å². The van der Waals surface area contributed by atoms with Gasteiger partial charge in [0, 0.05) is 16.9 Å². The Hall–Kier alpha value is -1.16. The van der Waals surface area contributed by atoms with E-state index in [0.717, 1.165) is 0 Å². The van der Waals surface area contributed by atoms with Crippen molar-refractivity contribution in [3.05, 3.63) is 29.8 Å². The number of hydrogen-bond acceptors (Lipinski definition) is 2. The Morgan fingerprint density at radius 2 is 1.94 bits per heavy atom. The van der Waals surface area contributed by atoms with Crippen LogP contribution in [0.2, 0.25) is 0 Å². The van der Waals surface area contributed by atoms with Crippen molar-refractivity contribution >= 4 is 17.8 Å². The second-order valence-corrected chi connectivity index (χ2v) is 5.21. The van der Waals surface area contributed by atoms with Crippen LogP contribution in [0.1, 0.15) is 19.4 Å². The minimum atomic E-state index is -0.478. The fraction of sp³-hybridized carbons (Fsp3) is 0.417. The van der Waals surface area contributed by atoms with Crippen LogP contribution in [0.25, 0.3) is 0 Å². The summed E-state index contributed by atoms with van der Waals surface area (Å²) in [7, 11) is 0. The number of nitrogens with two attached hydrogens (primary N) is 1. The molecule has 3 N–H and O–H groups in total. The van der Waals surface area contributed by atoms with Gasteiger partial charge in [-0.05, 0) is 24.0 Å². The lowest BCUT2D eigenvalue weighted by molar-refractivity contribution is 0.246. The molecule has 0 aliphatic rings. The standard InChI is InChI=1S/C12H18N2OS/c1-12(2,8-14-11(13)15)9-4-6-10(16-3)7-5-9/h4-7H,8H2,1-3H3,(H3,13,14,15). The Bertz CT molecular complexity index is 360. The molecule has 0 saturated carbocycles. The molecule has 0 aliphatic heterocycles. The highest BCUT2D eigenvalue weighted by atomic mass is 32.2. The topological polar surface area (TPSA) is 55.1 Å².